The van der Waals surface area contributed by atoms with Crippen LogP contribution in [0.5, 0.6) is 5.88 Å². The second kappa shape index (κ2) is 9.75. The summed E-state index contributed by atoms with van der Waals surface area (Å²) in [6, 6.07) is 24.7. The van der Waals surface area contributed by atoms with Gasteiger partial charge in [-0.25, -0.2) is 9.97 Å². The number of aromatic nitrogens is 5. The fourth-order valence-electron chi connectivity index (χ4n) is 4.73. The van der Waals surface area contributed by atoms with Gasteiger partial charge in [0.05, 0.1) is 46.5 Å². The van der Waals surface area contributed by atoms with Crippen LogP contribution in [-0.2, 0) is 13.1 Å². The monoisotopic (exact) mass is 523 g/mol. The average molecular weight is 524 g/mol. The molecule has 190 valence electrons. The minimum Gasteiger partial charge on any atom is -0.478 e. The van der Waals surface area contributed by atoms with Gasteiger partial charge < -0.3 is 9.30 Å². The largest absolute Gasteiger partial charge is 0.478 e. The molecule has 2 aromatic carbocycles. The zero-order chi connectivity index (χ0) is 26.2. The van der Waals surface area contributed by atoms with Crippen molar-refractivity contribution in [1.29, 1.82) is 0 Å². The number of rotatable bonds is 7. The van der Waals surface area contributed by atoms with Crippen molar-refractivity contribution in [2.75, 3.05) is 6.61 Å². The van der Waals surface area contributed by atoms with E-state index in [0.29, 0.717) is 46.5 Å². The summed E-state index contributed by atoms with van der Waals surface area (Å²) in [5.74, 6) is 0.504. The van der Waals surface area contributed by atoms with Gasteiger partial charge in [-0.05, 0) is 37.6 Å². The SMILES string of the molecule is CCOc1cccc(Cn2c(C)c3c(=O)n(-c4nc5ccccc5s4)n(Cc4ccccc4)c3cc2=O)n1. The summed E-state index contributed by atoms with van der Waals surface area (Å²) in [5.41, 5.74) is 3.26. The van der Waals surface area contributed by atoms with Gasteiger partial charge in [-0.2, -0.15) is 4.68 Å². The molecule has 0 radical (unpaired) electrons. The van der Waals surface area contributed by atoms with Crippen molar-refractivity contribution < 1.29 is 4.74 Å². The predicted octanol–water partition coefficient (Wildman–Crippen LogP) is 4.76. The van der Waals surface area contributed by atoms with Gasteiger partial charge in [0.15, 0.2) is 0 Å². The fourth-order valence-corrected chi connectivity index (χ4v) is 5.70. The van der Waals surface area contributed by atoms with Crippen LogP contribution in [0.15, 0.2) is 88.5 Å². The summed E-state index contributed by atoms with van der Waals surface area (Å²) >= 11 is 1.45. The van der Waals surface area contributed by atoms with Crippen LogP contribution in [0.25, 0.3) is 26.3 Å². The maximum atomic E-state index is 14.1. The molecule has 0 aliphatic rings. The summed E-state index contributed by atoms with van der Waals surface area (Å²) in [4.78, 5) is 36.8. The number of benzene rings is 2. The van der Waals surface area contributed by atoms with Crippen LogP contribution < -0.4 is 15.9 Å². The molecule has 6 aromatic rings. The molecule has 38 heavy (non-hydrogen) atoms. The highest BCUT2D eigenvalue weighted by atomic mass is 32.1. The van der Waals surface area contributed by atoms with E-state index >= 15 is 0 Å². The molecular weight excluding hydrogens is 498 g/mol. The number of pyridine rings is 2. The summed E-state index contributed by atoms with van der Waals surface area (Å²) in [6.45, 7) is 4.85. The Hall–Kier alpha value is -4.50. The Bertz CT molecular complexity index is 1870. The van der Waals surface area contributed by atoms with Crippen molar-refractivity contribution in [3.63, 3.8) is 0 Å². The quantitative estimate of drug-likeness (QED) is 0.301. The Labute approximate surface area is 222 Å². The van der Waals surface area contributed by atoms with Crippen molar-refractivity contribution in [3.8, 4) is 11.0 Å². The average Bonchev–Trinajstić information content (AvgIpc) is 3.46. The first-order valence-electron chi connectivity index (χ1n) is 12.4. The van der Waals surface area contributed by atoms with Gasteiger partial charge in [-0.15, -0.1) is 0 Å². The molecule has 0 saturated carbocycles. The smallest absolute Gasteiger partial charge is 0.283 e. The van der Waals surface area contributed by atoms with E-state index in [9.17, 15) is 9.59 Å². The zero-order valence-corrected chi connectivity index (χ0v) is 21.8. The van der Waals surface area contributed by atoms with Crippen molar-refractivity contribution in [2.45, 2.75) is 26.9 Å². The molecule has 0 amide bonds. The summed E-state index contributed by atoms with van der Waals surface area (Å²) < 4.78 is 11.6. The number of ether oxygens (including phenoxy) is 1. The first kappa shape index (κ1) is 23.9. The highest BCUT2D eigenvalue weighted by Crippen LogP contribution is 2.26. The van der Waals surface area contributed by atoms with Crippen LogP contribution in [0.1, 0.15) is 23.9 Å². The van der Waals surface area contributed by atoms with Crippen LogP contribution >= 0.6 is 11.3 Å². The summed E-state index contributed by atoms with van der Waals surface area (Å²) in [5, 5.41) is 1.05. The second-order valence-corrected chi connectivity index (χ2v) is 9.95. The lowest BCUT2D eigenvalue weighted by Crippen LogP contribution is -2.24. The Balaban J connectivity index is 1.56. The lowest BCUT2D eigenvalue weighted by atomic mass is 10.2. The van der Waals surface area contributed by atoms with Gasteiger partial charge in [-0.3, -0.25) is 14.3 Å². The lowest BCUT2D eigenvalue weighted by Gasteiger charge is -2.13. The maximum absolute atomic E-state index is 14.1. The lowest BCUT2D eigenvalue weighted by molar-refractivity contribution is 0.325. The number of aryl methyl sites for hydroxylation is 1. The minimum atomic E-state index is -0.211. The van der Waals surface area contributed by atoms with Crippen LogP contribution in [0, 0.1) is 6.92 Å². The molecule has 4 aromatic heterocycles. The van der Waals surface area contributed by atoms with Crippen LogP contribution in [-0.4, -0.2) is 30.5 Å². The third-order valence-electron chi connectivity index (χ3n) is 6.51. The van der Waals surface area contributed by atoms with E-state index in [1.165, 1.54) is 11.3 Å². The topological polar surface area (TPSA) is 83.9 Å². The van der Waals surface area contributed by atoms with E-state index in [1.54, 1.807) is 21.4 Å². The van der Waals surface area contributed by atoms with Crippen molar-refractivity contribution in [1.82, 2.24) is 23.9 Å². The number of para-hydroxylation sites is 1. The molecule has 0 spiro atoms. The van der Waals surface area contributed by atoms with E-state index in [1.807, 2.05) is 85.3 Å². The zero-order valence-electron chi connectivity index (χ0n) is 21.0. The van der Waals surface area contributed by atoms with E-state index < -0.39 is 0 Å². The normalized spacial score (nSPS) is 11.4. The molecule has 0 aliphatic heterocycles. The standard InChI is InChI=1S/C29H25N5O3S/c1-3-37-25-15-9-12-21(30-25)18-32-19(2)27-23(16-26(32)35)33(17-20-10-5-4-6-11-20)34(28(27)36)29-31-22-13-7-8-14-24(22)38-29/h4-16H,3,17-18H2,1-2H3. The van der Waals surface area contributed by atoms with E-state index in [-0.39, 0.29) is 17.7 Å². The van der Waals surface area contributed by atoms with Gasteiger partial charge in [0.2, 0.25) is 11.0 Å². The minimum absolute atomic E-state index is 0.207. The van der Waals surface area contributed by atoms with Crippen LogP contribution in [0.4, 0.5) is 0 Å². The maximum Gasteiger partial charge on any atom is 0.283 e. The Morgan fingerprint density at radius 3 is 2.47 bits per heavy atom. The van der Waals surface area contributed by atoms with Crippen LogP contribution in [0.2, 0.25) is 0 Å². The van der Waals surface area contributed by atoms with E-state index in [2.05, 4.69) is 4.98 Å². The fraction of sp³-hybridized carbons (Fsp3) is 0.172. The van der Waals surface area contributed by atoms with E-state index in [4.69, 9.17) is 9.72 Å². The highest BCUT2D eigenvalue weighted by molar-refractivity contribution is 7.20. The van der Waals surface area contributed by atoms with Gasteiger partial charge in [-0.1, -0.05) is 59.9 Å². The number of hydrogen-bond acceptors (Lipinski definition) is 6. The molecule has 4 heterocycles. The molecule has 0 aliphatic carbocycles. The Morgan fingerprint density at radius 1 is 0.895 bits per heavy atom. The molecule has 0 atom stereocenters. The molecule has 9 heteroatoms. The van der Waals surface area contributed by atoms with Crippen molar-refractivity contribution >= 4 is 32.5 Å². The molecule has 0 bridgehead atoms. The number of fused-ring (bicyclic) bond motifs is 2. The van der Waals surface area contributed by atoms with Gasteiger partial charge in [0.1, 0.15) is 0 Å². The molecule has 0 fully saturated rings. The molecule has 0 unspecified atom stereocenters. The van der Waals surface area contributed by atoms with Crippen molar-refractivity contribution in [2.24, 2.45) is 0 Å². The third kappa shape index (κ3) is 4.20. The summed E-state index contributed by atoms with van der Waals surface area (Å²) in [6.07, 6.45) is 0. The first-order chi connectivity index (χ1) is 18.5. The van der Waals surface area contributed by atoms with Crippen LogP contribution in [0.3, 0.4) is 0 Å². The van der Waals surface area contributed by atoms with Gasteiger partial charge in [0.25, 0.3) is 11.1 Å². The number of hydrogen-bond donors (Lipinski definition) is 0. The number of nitrogens with zero attached hydrogens (tertiary/aromatic N) is 5. The van der Waals surface area contributed by atoms with Gasteiger partial charge >= 0.3 is 0 Å². The Morgan fingerprint density at radius 2 is 1.68 bits per heavy atom. The predicted molar refractivity (Wildman–Crippen MR) is 150 cm³/mol. The molecule has 8 nitrogen and oxygen atoms in total. The molecule has 0 N–H and O–H groups in total. The molecular formula is C29H25N5O3S. The van der Waals surface area contributed by atoms with Gasteiger partial charge in [0, 0.05) is 17.8 Å². The first-order valence-corrected chi connectivity index (χ1v) is 13.2. The Kier molecular flexibility index (Phi) is 6.13. The van der Waals surface area contributed by atoms with E-state index in [0.717, 1.165) is 15.8 Å². The highest BCUT2D eigenvalue weighted by Gasteiger charge is 2.22. The molecule has 0 saturated heterocycles. The second-order valence-electron chi connectivity index (χ2n) is 8.94. The van der Waals surface area contributed by atoms with Crippen molar-refractivity contribution in [3.05, 3.63) is 117 Å². The summed E-state index contributed by atoms with van der Waals surface area (Å²) in [7, 11) is 0. The third-order valence-corrected chi connectivity index (χ3v) is 7.52. The number of thiazole rings is 1. The molecule has 6 rings (SSSR count).